The molecule has 0 bridgehead atoms. The van der Waals surface area contributed by atoms with Crippen molar-refractivity contribution in [2.24, 2.45) is 0 Å². The first-order valence-corrected chi connectivity index (χ1v) is 3.86. The normalized spacial score (nSPS) is 8.56. The minimum atomic E-state index is 0. The maximum absolute atomic E-state index is 5.00. The molecule has 0 aliphatic heterocycles. The quantitative estimate of drug-likeness (QED) is 0.374. The van der Waals surface area contributed by atoms with Crippen LogP contribution in [0, 0.1) is 0 Å². The smallest absolute Gasteiger partial charge is 0.428 e. The first-order valence-electron chi connectivity index (χ1n) is 2.58. The zero-order valence-electron chi connectivity index (χ0n) is 5.68. The van der Waals surface area contributed by atoms with Crippen molar-refractivity contribution in [2.45, 2.75) is 17.6 Å². The van der Waals surface area contributed by atoms with Gasteiger partial charge in [-0.15, -0.1) is 9.59 Å². The summed E-state index contributed by atoms with van der Waals surface area (Å²) < 4.78 is 1.05. The monoisotopic (exact) mass is 150 g/mol. The van der Waals surface area contributed by atoms with Crippen molar-refractivity contribution >= 4 is 24.0 Å². The van der Waals surface area contributed by atoms with E-state index in [0.717, 1.165) is 10.6 Å². The summed E-state index contributed by atoms with van der Waals surface area (Å²) in [6.45, 7) is 2.12. The molecule has 44 valence electrons. The fourth-order valence-corrected chi connectivity index (χ4v) is 1.68. The summed E-state index contributed by atoms with van der Waals surface area (Å²) in [6.07, 6.45) is 1.07. The predicted molar refractivity (Wildman–Crippen MR) is 39.3 cm³/mol. The van der Waals surface area contributed by atoms with Crippen LogP contribution in [0.15, 0.2) is 15.7 Å². The molecule has 0 N–H and O–H groups in total. The van der Waals surface area contributed by atoms with Crippen LogP contribution in [0.4, 0.5) is 0 Å². The SMILES string of the molecule is CCc1ccsc1[S-].[Li+]. The van der Waals surface area contributed by atoms with E-state index in [1.165, 1.54) is 5.56 Å². The third-order valence-electron chi connectivity index (χ3n) is 1.09. The Kier molecular flexibility index (Phi) is 4.60. The van der Waals surface area contributed by atoms with Crippen LogP contribution >= 0.6 is 11.3 Å². The van der Waals surface area contributed by atoms with E-state index < -0.39 is 0 Å². The van der Waals surface area contributed by atoms with Crippen LogP contribution in [-0.2, 0) is 19.0 Å². The Balaban J connectivity index is 0.000000640. The van der Waals surface area contributed by atoms with Crippen LogP contribution in [0.1, 0.15) is 12.5 Å². The number of hydrogen-bond acceptors (Lipinski definition) is 2. The zero-order valence-corrected chi connectivity index (χ0v) is 7.31. The van der Waals surface area contributed by atoms with Gasteiger partial charge in [-0.25, -0.2) is 0 Å². The van der Waals surface area contributed by atoms with Gasteiger partial charge >= 0.3 is 18.9 Å². The molecule has 0 aromatic carbocycles. The third-order valence-corrected chi connectivity index (χ3v) is 2.39. The summed E-state index contributed by atoms with van der Waals surface area (Å²) in [5.41, 5.74) is 1.31. The third kappa shape index (κ3) is 2.31. The molecule has 1 aromatic heterocycles. The molecule has 0 aliphatic carbocycles. The van der Waals surface area contributed by atoms with E-state index in [1.54, 1.807) is 11.3 Å². The molecule has 1 heterocycles. The van der Waals surface area contributed by atoms with Gasteiger partial charge in [-0.1, -0.05) is 18.6 Å². The molecule has 0 atom stereocenters. The van der Waals surface area contributed by atoms with E-state index >= 15 is 0 Å². The Labute approximate surface area is 77.3 Å². The van der Waals surface area contributed by atoms with E-state index in [0.29, 0.717) is 0 Å². The number of hydrogen-bond donors (Lipinski definition) is 0. The van der Waals surface area contributed by atoms with E-state index in [-0.39, 0.29) is 18.9 Å². The summed E-state index contributed by atoms with van der Waals surface area (Å²) in [5.74, 6) is 0. The van der Waals surface area contributed by atoms with Gasteiger partial charge in [-0.2, -0.15) is 0 Å². The molecule has 0 radical (unpaired) electrons. The Bertz CT molecular complexity index is 171. The largest absolute Gasteiger partial charge is 1.00 e. The topological polar surface area (TPSA) is 0 Å². The number of rotatable bonds is 1. The van der Waals surface area contributed by atoms with E-state index in [1.807, 2.05) is 5.38 Å². The van der Waals surface area contributed by atoms with Gasteiger partial charge < -0.3 is 24.0 Å². The molecular weight excluding hydrogens is 143 g/mol. The Hall–Kier alpha value is 0.517. The average molecular weight is 150 g/mol. The van der Waals surface area contributed by atoms with Crippen molar-refractivity contribution in [1.29, 1.82) is 0 Å². The molecule has 0 saturated heterocycles. The minimum absolute atomic E-state index is 0. The average Bonchev–Trinajstić information content (AvgIpc) is 2.14. The number of aryl methyl sites for hydroxylation is 1. The van der Waals surface area contributed by atoms with Crippen LogP contribution < -0.4 is 18.9 Å². The van der Waals surface area contributed by atoms with Crippen LogP contribution in [0.3, 0.4) is 0 Å². The molecule has 0 nitrogen and oxygen atoms in total. The van der Waals surface area contributed by atoms with E-state index in [9.17, 15) is 0 Å². The van der Waals surface area contributed by atoms with Crippen molar-refractivity contribution < 1.29 is 18.9 Å². The summed E-state index contributed by atoms with van der Waals surface area (Å²) in [4.78, 5) is 0. The van der Waals surface area contributed by atoms with Crippen molar-refractivity contribution in [3.63, 3.8) is 0 Å². The minimum Gasteiger partial charge on any atom is -0.428 e. The van der Waals surface area contributed by atoms with Gasteiger partial charge in [0.05, 0.1) is 0 Å². The summed E-state index contributed by atoms with van der Waals surface area (Å²) in [7, 11) is 0. The number of thiophene rings is 1. The molecule has 3 heteroatoms. The molecule has 0 unspecified atom stereocenters. The van der Waals surface area contributed by atoms with Gasteiger partial charge in [0.2, 0.25) is 0 Å². The van der Waals surface area contributed by atoms with Gasteiger partial charge in [-0.3, -0.25) is 0 Å². The molecule has 0 saturated carbocycles. The van der Waals surface area contributed by atoms with Gasteiger partial charge in [0.1, 0.15) is 0 Å². The molecular formula is C6H7LiS2. The Morgan fingerprint density at radius 2 is 2.33 bits per heavy atom. The predicted octanol–water partition coefficient (Wildman–Crippen LogP) is -0.780. The molecule has 0 spiro atoms. The summed E-state index contributed by atoms with van der Waals surface area (Å²) in [6, 6.07) is 2.09. The first kappa shape index (κ1) is 9.52. The molecule has 0 amide bonds. The molecule has 1 aromatic rings. The fourth-order valence-electron chi connectivity index (χ4n) is 0.584. The fraction of sp³-hybridized carbons (Fsp3) is 0.333. The van der Waals surface area contributed by atoms with Gasteiger partial charge in [0.15, 0.2) is 0 Å². The van der Waals surface area contributed by atoms with Crippen LogP contribution in [0.25, 0.3) is 0 Å². The second-order valence-electron chi connectivity index (χ2n) is 1.59. The van der Waals surface area contributed by atoms with Crippen molar-refractivity contribution in [3.8, 4) is 0 Å². The van der Waals surface area contributed by atoms with Crippen LogP contribution in [0.2, 0.25) is 0 Å². The van der Waals surface area contributed by atoms with Crippen molar-refractivity contribution in [3.05, 3.63) is 17.0 Å². The second kappa shape index (κ2) is 4.35. The summed E-state index contributed by atoms with van der Waals surface area (Å²) in [5, 5.41) is 2.04. The van der Waals surface area contributed by atoms with E-state index in [4.69, 9.17) is 12.6 Å². The standard InChI is InChI=1S/C6H8S2.Li/c1-2-5-3-4-8-6(5)7;/h3-4,7H,2H2,1H3;/q;+1/p-1. The Morgan fingerprint density at radius 1 is 1.67 bits per heavy atom. The second-order valence-corrected chi connectivity index (χ2v) is 3.17. The molecule has 9 heavy (non-hydrogen) atoms. The van der Waals surface area contributed by atoms with Crippen LogP contribution in [-0.4, -0.2) is 0 Å². The zero-order chi connectivity index (χ0) is 5.98. The Morgan fingerprint density at radius 3 is 2.56 bits per heavy atom. The molecule has 1 rings (SSSR count). The van der Waals surface area contributed by atoms with Gasteiger partial charge in [0, 0.05) is 0 Å². The first-order chi connectivity index (χ1) is 3.84. The molecule has 0 aliphatic rings. The molecule has 0 fully saturated rings. The summed E-state index contributed by atoms with van der Waals surface area (Å²) >= 11 is 6.65. The van der Waals surface area contributed by atoms with Gasteiger partial charge in [-0.05, 0) is 6.42 Å². The maximum Gasteiger partial charge on any atom is 1.00 e. The maximum atomic E-state index is 5.00. The van der Waals surface area contributed by atoms with Crippen LogP contribution in [0.5, 0.6) is 0 Å². The van der Waals surface area contributed by atoms with Gasteiger partial charge in [0.25, 0.3) is 0 Å². The van der Waals surface area contributed by atoms with E-state index in [2.05, 4.69) is 13.0 Å². The van der Waals surface area contributed by atoms with Crippen molar-refractivity contribution in [2.75, 3.05) is 0 Å². The van der Waals surface area contributed by atoms with Crippen molar-refractivity contribution in [1.82, 2.24) is 0 Å².